The molecule has 0 aromatic heterocycles. The van der Waals surface area contributed by atoms with Crippen LogP contribution in [0.15, 0.2) is 84.9 Å². The summed E-state index contributed by atoms with van der Waals surface area (Å²) in [5, 5.41) is 6.49. The zero-order chi connectivity index (χ0) is 26.5. The Labute approximate surface area is 218 Å². The van der Waals surface area contributed by atoms with Crippen molar-refractivity contribution in [2.45, 2.75) is 0 Å². The van der Waals surface area contributed by atoms with Gasteiger partial charge in [0.2, 0.25) is 0 Å². The van der Waals surface area contributed by atoms with Gasteiger partial charge in [0, 0.05) is 22.5 Å². The van der Waals surface area contributed by atoms with E-state index >= 15 is 0 Å². The summed E-state index contributed by atoms with van der Waals surface area (Å²) in [5.74, 6) is 0.550. The minimum atomic E-state index is -0.259. The van der Waals surface area contributed by atoms with Gasteiger partial charge in [0.15, 0.2) is 24.1 Å². The molecule has 5 rings (SSSR count). The molecule has 0 heterocycles. The van der Waals surface area contributed by atoms with E-state index in [-0.39, 0.29) is 35.9 Å². The van der Waals surface area contributed by atoms with Crippen LogP contribution in [-0.2, 0) is 9.59 Å². The third-order valence-corrected chi connectivity index (χ3v) is 5.98. The lowest BCUT2D eigenvalue weighted by Crippen LogP contribution is -2.23. The number of ketones is 2. The molecule has 0 aliphatic heterocycles. The summed E-state index contributed by atoms with van der Waals surface area (Å²) in [4.78, 5) is 48.4. The lowest BCUT2D eigenvalue weighted by Gasteiger charge is -2.24. The Morgan fingerprint density at radius 3 is 1.32 bits per heavy atom. The summed E-state index contributed by atoms with van der Waals surface area (Å²) in [6.07, 6.45) is 1.34. The van der Waals surface area contributed by atoms with Crippen LogP contribution >= 0.6 is 0 Å². The smallest absolute Gasteiger partial charge is 0.196 e. The van der Waals surface area contributed by atoms with Crippen molar-refractivity contribution in [2.75, 3.05) is 23.8 Å². The van der Waals surface area contributed by atoms with Gasteiger partial charge in [-0.05, 0) is 60.7 Å². The van der Waals surface area contributed by atoms with Gasteiger partial charge in [0.25, 0.3) is 0 Å². The van der Waals surface area contributed by atoms with Crippen LogP contribution in [0.2, 0.25) is 0 Å². The number of carbonyl (C=O) groups excluding carboxylic acids is 4. The highest BCUT2D eigenvalue weighted by atomic mass is 16.5. The molecule has 188 valence electrons. The Balaban J connectivity index is 1.52. The van der Waals surface area contributed by atoms with Gasteiger partial charge >= 0.3 is 0 Å². The zero-order valence-electron chi connectivity index (χ0n) is 20.1. The summed E-state index contributed by atoms with van der Waals surface area (Å²) in [6, 6.07) is 24.1. The molecule has 1 aliphatic carbocycles. The second kappa shape index (κ2) is 10.8. The van der Waals surface area contributed by atoms with Crippen LogP contribution in [0, 0.1) is 0 Å². The third kappa shape index (κ3) is 4.87. The lowest BCUT2D eigenvalue weighted by molar-refractivity contribution is -0.110. The maximum atomic E-state index is 13.7. The third-order valence-electron chi connectivity index (χ3n) is 5.98. The molecule has 1 aliphatic rings. The van der Waals surface area contributed by atoms with E-state index in [1.807, 2.05) is 0 Å². The highest BCUT2D eigenvalue weighted by Crippen LogP contribution is 2.38. The maximum Gasteiger partial charge on any atom is 0.196 e. The first-order chi connectivity index (χ1) is 18.6. The van der Waals surface area contributed by atoms with Gasteiger partial charge < -0.3 is 20.1 Å². The number of benzene rings is 4. The van der Waals surface area contributed by atoms with Crippen LogP contribution in [0.4, 0.5) is 22.7 Å². The predicted octanol–water partition coefficient (Wildman–Crippen LogP) is 5.10. The van der Waals surface area contributed by atoms with E-state index in [2.05, 4.69) is 10.6 Å². The Hall–Kier alpha value is -5.24. The molecule has 0 fully saturated rings. The number of carbonyl (C=O) groups is 4. The van der Waals surface area contributed by atoms with Gasteiger partial charge in [0.05, 0.1) is 22.5 Å². The molecular formula is C30H22N2O6. The van der Waals surface area contributed by atoms with Gasteiger partial charge in [0.1, 0.15) is 24.7 Å². The molecule has 0 unspecified atom stereocenters. The standard InChI is InChI=1S/C30H22N2O6/c33-15-17-37-21-9-5-19(6-10-21)31-25-13-14-26(32-20-7-11-22(12-8-20)38-18-16-34)28-27(25)29(35)23-3-1-2-4-24(23)30(28)36/h1-16,31-32H,17-18H2. The maximum absolute atomic E-state index is 13.7. The van der Waals surface area contributed by atoms with Crippen LogP contribution < -0.4 is 20.1 Å². The molecule has 8 nitrogen and oxygen atoms in total. The molecule has 0 saturated heterocycles. The Bertz CT molecular complexity index is 1410. The molecule has 0 saturated carbocycles. The molecule has 38 heavy (non-hydrogen) atoms. The van der Waals surface area contributed by atoms with Crippen molar-refractivity contribution in [1.82, 2.24) is 0 Å². The number of fused-ring (bicyclic) bond motifs is 2. The minimum Gasteiger partial charge on any atom is -0.486 e. The molecule has 0 atom stereocenters. The first-order valence-electron chi connectivity index (χ1n) is 11.8. The fraction of sp³-hybridized carbons (Fsp3) is 0.0667. The molecule has 4 aromatic carbocycles. The topological polar surface area (TPSA) is 111 Å². The monoisotopic (exact) mass is 506 g/mol. The van der Waals surface area contributed by atoms with Gasteiger partial charge in [-0.15, -0.1) is 0 Å². The fourth-order valence-electron chi connectivity index (χ4n) is 4.27. The van der Waals surface area contributed by atoms with Crippen LogP contribution in [0.3, 0.4) is 0 Å². The van der Waals surface area contributed by atoms with E-state index in [0.29, 0.717) is 57.9 Å². The van der Waals surface area contributed by atoms with Crippen molar-refractivity contribution in [3.05, 3.63) is 107 Å². The number of anilines is 4. The summed E-state index contributed by atoms with van der Waals surface area (Å²) < 4.78 is 10.6. The van der Waals surface area contributed by atoms with Gasteiger partial charge in [-0.1, -0.05) is 24.3 Å². The summed E-state index contributed by atoms with van der Waals surface area (Å²) in [7, 11) is 0. The zero-order valence-corrected chi connectivity index (χ0v) is 20.1. The van der Waals surface area contributed by atoms with E-state index in [1.165, 1.54) is 0 Å². The van der Waals surface area contributed by atoms with E-state index in [1.54, 1.807) is 84.9 Å². The van der Waals surface area contributed by atoms with Gasteiger partial charge in [-0.3, -0.25) is 19.2 Å². The van der Waals surface area contributed by atoms with Crippen molar-refractivity contribution in [2.24, 2.45) is 0 Å². The van der Waals surface area contributed by atoms with E-state index < -0.39 is 0 Å². The average molecular weight is 507 g/mol. The molecule has 0 spiro atoms. The van der Waals surface area contributed by atoms with Gasteiger partial charge in [-0.25, -0.2) is 0 Å². The minimum absolute atomic E-state index is 0.0424. The molecule has 0 bridgehead atoms. The number of hydrogen-bond donors (Lipinski definition) is 2. The second-order valence-electron chi connectivity index (χ2n) is 8.37. The van der Waals surface area contributed by atoms with Crippen molar-refractivity contribution >= 4 is 46.9 Å². The SMILES string of the molecule is O=CCOc1ccc(Nc2ccc(Nc3ccc(OCC=O)cc3)c3c2C(=O)c2ccccc2C3=O)cc1. The first-order valence-corrected chi connectivity index (χ1v) is 11.8. The lowest BCUT2D eigenvalue weighted by atomic mass is 9.82. The predicted molar refractivity (Wildman–Crippen MR) is 142 cm³/mol. The van der Waals surface area contributed by atoms with Crippen molar-refractivity contribution < 1.29 is 28.7 Å². The Kier molecular flexibility index (Phi) is 6.95. The molecule has 0 amide bonds. The average Bonchev–Trinajstić information content (AvgIpc) is 2.95. The van der Waals surface area contributed by atoms with Crippen LogP contribution in [0.5, 0.6) is 11.5 Å². The van der Waals surface area contributed by atoms with Gasteiger partial charge in [-0.2, -0.15) is 0 Å². The van der Waals surface area contributed by atoms with Crippen molar-refractivity contribution in [1.29, 1.82) is 0 Å². The second-order valence-corrected chi connectivity index (χ2v) is 8.37. The summed E-state index contributed by atoms with van der Waals surface area (Å²) in [5.41, 5.74) is 3.55. The van der Waals surface area contributed by atoms with Crippen LogP contribution in [0.1, 0.15) is 31.8 Å². The Morgan fingerprint density at radius 1 is 0.553 bits per heavy atom. The summed E-state index contributed by atoms with van der Waals surface area (Å²) >= 11 is 0. The van der Waals surface area contributed by atoms with Crippen molar-refractivity contribution in [3.8, 4) is 11.5 Å². The first kappa shape index (κ1) is 24.5. The normalized spacial score (nSPS) is 11.7. The highest BCUT2D eigenvalue weighted by Gasteiger charge is 2.34. The molecule has 8 heteroatoms. The van der Waals surface area contributed by atoms with Crippen molar-refractivity contribution in [3.63, 3.8) is 0 Å². The number of rotatable bonds is 10. The summed E-state index contributed by atoms with van der Waals surface area (Å²) in [6.45, 7) is -0.0848. The largest absolute Gasteiger partial charge is 0.486 e. The number of aldehydes is 2. The quantitative estimate of drug-likeness (QED) is 0.252. The molecule has 2 N–H and O–H groups in total. The fourth-order valence-corrected chi connectivity index (χ4v) is 4.27. The highest BCUT2D eigenvalue weighted by molar-refractivity contribution is 6.32. The van der Waals surface area contributed by atoms with E-state index in [9.17, 15) is 19.2 Å². The molecule has 0 radical (unpaired) electrons. The van der Waals surface area contributed by atoms with Crippen LogP contribution in [0.25, 0.3) is 0 Å². The molecule has 4 aromatic rings. The number of hydrogen-bond acceptors (Lipinski definition) is 8. The Morgan fingerprint density at radius 2 is 0.947 bits per heavy atom. The van der Waals surface area contributed by atoms with E-state index in [0.717, 1.165) is 0 Å². The number of nitrogens with one attached hydrogen (secondary N) is 2. The van der Waals surface area contributed by atoms with E-state index in [4.69, 9.17) is 9.47 Å². The molecular weight excluding hydrogens is 484 g/mol. The number of ether oxygens (including phenoxy) is 2. The van der Waals surface area contributed by atoms with Crippen LogP contribution in [-0.4, -0.2) is 37.4 Å².